The lowest BCUT2D eigenvalue weighted by Crippen LogP contribution is -2.28. The molecule has 104 valence electrons. The average molecular weight is 295 g/mol. The van der Waals surface area contributed by atoms with Crippen molar-refractivity contribution < 1.29 is 14.7 Å². The molecule has 0 spiro atoms. The zero-order valence-electron chi connectivity index (χ0n) is 10.2. The van der Waals surface area contributed by atoms with E-state index in [1.54, 1.807) is 12.4 Å². The molecule has 2 amide bonds. The summed E-state index contributed by atoms with van der Waals surface area (Å²) in [6.07, 6.45) is 3.23. The van der Waals surface area contributed by atoms with Crippen LogP contribution in [-0.4, -0.2) is 27.3 Å². The summed E-state index contributed by atoms with van der Waals surface area (Å²) in [5.41, 5.74) is 1.08. The number of amides is 2. The molecule has 2 rings (SSSR count). The van der Waals surface area contributed by atoms with Crippen LogP contribution in [0.5, 0.6) is 0 Å². The van der Waals surface area contributed by atoms with E-state index >= 15 is 0 Å². The molecule has 0 bridgehead atoms. The van der Waals surface area contributed by atoms with Crippen LogP contribution < -0.4 is 10.6 Å². The zero-order chi connectivity index (χ0) is 14.5. The lowest BCUT2D eigenvalue weighted by Gasteiger charge is -2.09. The highest BCUT2D eigenvalue weighted by Gasteiger charge is 2.10. The molecule has 8 heteroatoms. The number of carboxylic acids is 1. The van der Waals surface area contributed by atoms with Crippen molar-refractivity contribution in [2.45, 2.75) is 6.54 Å². The summed E-state index contributed by atoms with van der Waals surface area (Å²) in [4.78, 5) is 22.5. The van der Waals surface area contributed by atoms with Crippen LogP contribution >= 0.6 is 11.6 Å². The van der Waals surface area contributed by atoms with Crippen LogP contribution in [-0.2, 0) is 6.54 Å². The molecule has 0 fully saturated rings. The van der Waals surface area contributed by atoms with Gasteiger partial charge in [-0.2, -0.15) is 5.10 Å². The number of H-pyrrole nitrogens is 1. The van der Waals surface area contributed by atoms with Crippen molar-refractivity contribution in [1.82, 2.24) is 15.5 Å². The van der Waals surface area contributed by atoms with Gasteiger partial charge in [-0.1, -0.05) is 11.6 Å². The van der Waals surface area contributed by atoms with E-state index in [4.69, 9.17) is 16.7 Å². The van der Waals surface area contributed by atoms with Gasteiger partial charge in [0.1, 0.15) is 0 Å². The fourth-order valence-electron chi connectivity index (χ4n) is 1.48. The smallest absolute Gasteiger partial charge is 0.335 e. The Kier molecular flexibility index (Phi) is 4.21. The second kappa shape index (κ2) is 6.07. The van der Waals surface area contributed by atoms with Crippen molar-refractivity contribution in [2.24, 2.45) is 0 Å². The van der Waals surface area contributed by atoms with E-state index in [1.807, 2.05) is 0 Å². The van der Waals surface area contributed by atoms with Crippen LogP contribution in [0.15, 0.2) is 30.6 Å². The second-order valence-corrected chi connectivity index (χ2v) is 4.32. The summed E-state index contributed by atoms with van der Waals surface area (Å²) in [7, 11) is 0. The van der Waals surface area contributed by atoms with Crippen LogP contribution in [0.4, 0.5) is 10.5 Å². The number of carbonyl (C=O) groups excluding carboxylic acids is 1. The monoisotopic (exact) mass is 294 g/mol. The lowest BCUT2D eigenvalue weighted by molar-refractivity contribution is 0.0697. The number of nitrogens with zero attached hydrogens (tertiary/aromatic N) is 1. The van der Waals surface area contributed by atoms with E-state index in [0.29, 0.717) is 6.54 Å². The second-order valence-electron chi connectivity index (χ2n) is 3.91. The molecule has 0 radical (unpaired) electrons. The first-order chi connectivity index (χ1) is 9.56. The number of anilines is 1. The summed E-state index contributed by atoms with van der Waals surface area (Å²) in [5.74, 6) is -1.09. The summed E-state index contributed by atoms with van der Waals surface area (Å²) >= 11 is 5.89. The minimum atomic E-state index is -1.09. The maximum atomic E-state index is 11.7. The van der Waals surface area contributed by atoms with Gasteiger partial charge in [-0.05, 0) is 18.2 Å². The maximum Gasteiger partial charge on any atom is 0.335 e. The van der Waals surface area contributed by atoms with Crippen molar-refractivity contribution in [2.75, 3.05) is 5.32 Å². The van der Waals surface area contributed by atoms with Crippen molar-refractivity contribution in [1.29, 1.82) is 0 Å². The number of halogens is 1. The van der Waals surface area contributed by atoms with Gasteiger partial charge < -0.3 is 15.7 Å². The molecule has 1 aromatic carbocycles. The third-order valence-corrected chi connectivity index (χ3v) is 2.80. The van der Waals surface area contributed by atoms with Crippen LogP contribution in [0.2, 0.25) is 5.02 Å². The third-order valence-electron chi connectivity index (χ3n) is 2.47. The van der Waals surface area contributed by atoms with E-state index in [9.17, 15) is 9.59 Å². The minimum absolute atomic E-state index is 0.0412. The quantitative estimate of drug-likeness (QED) is 0.692. The fourth-order valence-corrected chi connectivity index (χ4v) is 1.64. The molecule has 0 saturated heterocycles. The van der Waals surface area contributed by atoms with Gasteiger partial charge >= 0.3 is 12.0 Å². The van der Waals surface area contributed by atoms with Crippen molar-refractivity contribution in [3.63, 3.8) is 0 Å². The molecule has 0 aliphatic carbocycles. The Morgan fingerprint density at radius 3 is 2.85 bits per heavy atom. The Balaban J connectivity index is 2.00. The predicted molar refractivity (Wildman–Crippen MR) is 72.9 cm³/mol. The number of carboxylic acid groups (broad SMARTS) is 1. The minimum Gasteiger partial charge on any atom is -0.478 e. The molecular formula is C12H11ClN4O3. The van der Waals surface area contributed by atoms with Gasteiger partial charge in [-0.3, -0.25) is 5.10 Å². The van der Waals surface area contributed by atoms with Crippen molar-refractivity contribution in [3.8, 4) is 0 Å². The third kappa shape index (κ3) is 3.48. The van der Waals surface area contributed by atoms with Gasteiger partial charge in [-0.15, -0.1) is 0 Å². The molecule has 20 heavy (non-hydrogen) atoms. The maximum absolute atomic E-state index is 11.7. The number of urea groups is 1. The zero-order valence-corrected chi connectivity index (χ0v) is 10.9. The normalized spacial score (nSPS) is 10.1. The summed E-state index contributed by atoms with van der Waals surface area (Å²) in [5, 5.41) is 20.6. The predicted octanol–water partition coefficient (Wildman–Crippen LogP) is 2.08. The van der Waals surface area contributed by atoms with Gasteiger partial charge in [0.2, 0.25) is 0 Å². The number of nitrogens with one attached hydrogen (secondary N) is 3. The average Bonchev–Trinajstić information content (AvgIpc) is 2.92. The van der Waals surface area contributed by atoms with E-state index in [1.165, 1.54) is 18.2 Å². The van der Waals surface area contributed by atoms with Gasteiger partial charge in [0, 0.05) is 18.3 Å². The number of benzene rings is 1. The Labute approximate surface area is 119 Å². The number of hydrogen-bond acceptors (Lipinski definition) is 3. The van der Waals surface area contributed by atoms with E-state index in [2.05, 4.69) is 20.8 Å². The molecule has 1 aromatic heterocycles. The molecule has 0 aliphatic rings. The van der Waals surface area contributed by atoms with E-state index < -0.39 is 12.0 Å². The van der Waals surface area contributed by atoms with Crippen LogP contribution in [0.3, 0.4) is 0 Å². The molecule has 4 N–H and O–H groups in total. The topological polar surface area (TPSA) is 107 Å². The first-order valence-corrected chi connectivity index (χ1v) is 5.99. The molecule has 0 aliphatic heterocycles. The molecule has 0 atom stereocenters. The molecule has 0 saturated carbocycles. The van der Waals surface area contributed by atoms with Gasteiger partial charge in [0.05, 0.1) is 22.5 Å². The lowest BCUT2D eigenvalue weighted by atomic mass is 10.2. The number of carbonyl (C=O) groups is 2. The molecule has 7 nitrogen and oxygen atoms in total. The Hall–Kier alpha value is -2.54. The van der Waals surface area contributed by atoms with E-state index in [0.717, 1.165) is 5.56 Å². The Bertz CT molecular complexity index is 628. The summed E-state index contributed by atoms with van der Waals surface area (Å²) in [6, 6.07) is 3.58. The highest BCUT2D eigenvalue weighted by Crippen LogP contribution is 2.23. The summed E-state index contributed by atoms with van der Waals surface area (Å²) < 4.78 is 0. The van der Waals surface area contributed by atoms with Crippen LogP contribution in [0.25, 0.3) is 0 Å². The van der Waals surface area contributed by atoms with Crippen molar-refractivity contribution in [3.05, 3.63) is 46.7 Å². The largest absolute Gasteiger partial charge is 0.478 e. The highest BCUT2D eigenvalue weighted by molar-refractivity contribution is 6.33. The van der Waals surface area contributed by atoms with E-state index in [-0.39, 0.29) is 16.3 Å². The Morgan fingerprint density at radius 2 is 2.20 bits per heavy atom. The number of hydrogen-bond donors (Lipinski definition) is 4. The number of aromatic amines is 1. The van der Waals surface area contributed by atoms with Gasteiger partial charge in [0.15, 0.2) is 0 Å². The van der Waals surface area contributed by atoms with Crippen molar-refractivity contribution >= 4 is 29.3 Å². The molecule has 1 heterocycles. The SMILES string of the molecule is O=C(NCc1cn[nH]c1)Nc1cc(C(=O)O)ccc1Cl. The number of aromatic carboxylic acids is 1. The van der Waals surface area contributed by atoms with Gasteiger partial charge in [-0.25, -0.2) is 9.59 Å². The molecular weight excluding hydrogens is 284 g/mol. The number of aromatic nitrogens is 2. The summed E-state index contributed by atoms with van der Waals surface area (Å²) in [6.45, 7) is 0.290. The first-order valence-electron chi connectivity index (χ1n) is 5.61. The number of rotatable bonds is 4. The molecule has 0 unspecified atom stereocenters. The Morgan fingerprint density at radius 1 is 1.40 bits per heavy atom. The van der Waals surface area contributed by atoms with Crippen LogP contribution in [0, 0.1) is 0 Å². The highest BCUT2D eigenvalue weighted by atomic mass is 35.5. The fraction of sp³-hybridized carbons (Fsp3) is 0.0833. The van der Waals surface area contributed by atoms with Crippen LogP contribution in [0.1, 0.15) is 15.9 Å². The first kappa shape index (κ1) is 13.9. The van der Waals surface area contributed by atoms with Gasteiger partial charge in [0.25, 0.3) is 0 Å². The molecule has 2 aromatic rings. The standard InChI is InChI=1S/C12H11ClN4O3/c13-9-2-1-8(11(18)19)3-10(9)17-12(20)14-4-7-5-15-16-6-7/h1-3,5-6H,4H2,(H,15,16)(H,18,19)(H2,14,17,20).